The second kappa shape index (κ2) is 11.8. The van der Waals surface area contributed by atoms with Crippen LogP contribution in [0.1, 0.15) is 0 Å². The van der Waals surface area contributed by atoms with Crippen LogP contribution in [-0.4, -0.2) is 50.6 Å². The quantitative estimate of drug-likeness (QED) is 0.250. The maximum atomic E-state index is 6.34. The summed E-state index contributed by atoms with van der Waals surface area (Å²) in [5.41, 5.74) is 7.75. The third-order valence-electron chi connectivity index (χ3n) is 5.04. The van der Waals surface area contributed by atoms with Gasteiger partial charge in [0.15, 0.2) is 17.3 Å². The third kappa shape index (κ3) is 6.19. The Morgan fingerprint density at radius 3 is 2.11 bits per heavy atom. The van der Waals surface area contributed by atoms with Gasteiger partial charge in [-0.2, -0.15) is 0 Å². The summed E-state index contributed by atoms with van der Waals surface area (Å²) in [6.45, 7) is 1.62. The fraction of sp³-hybridized carbons (Fsp3) is 0.231. The van der Waals surface area contributed by atoms with E-state index in [9.17, 15) is 0 Å². The molecule has 0 saturated heterocycles. The van der Waals surface area contributed by atoms with Crippen molar-refractivity contribution < 1.29 is 23.7 Å². The lowest BCUT2D eigenvalue weighted by Gasteiger charge is -2.15. The molecule has 0 bridgehead atoms. The minimum atomic E-state index is 0.335. The molecule has 0 aliphatic rings. The highest BCUT2D eigenvalue weighted by Gasteiger charge is 2.16. The average molecular weight is 540 g/mol. The fourth-order valence-corrected chi connectivity index (χ4v) is 3.88. The number of fused-ring (bicyclic) bond motifs is 1. The Balaban J connectivity index is 1.67. The number of nitrogens with zero attached hydrogens (tertiary/aromatic N) is 2. The summed E-state index contributed by atoms with van der Waals surface area (Å²) in [4.78, 5) is 9.30. The van der Waals surface area contributed by atoms with Crippen LogP contribution in [0.2, 0.25) is 0 Å². The van der Waals surface area contributed by atoms with Crippen LogP contribution >= 0.6 is 15.9 Å². The van der Waals surface area contributed by atoms with Crippen molar-refractivity contribution in [3.8, 4) is 34.4 Å². The van der Waals surface area contributed by atoms with Crippen LogP contribution in [0.15, 0.2) is 65.1 Å². The van der Waals surface area contributed by atoms with E-state index in [1.807, 2.05) is 48.5 Å². The van der Waals surface area contributed by atoms with Crippen molar-refractivity contribution in [3.05, 3.63) is 65.1 Å². The van der Waals surface area contributed by atoms with Crippen LogP contribution in [-0.2, 0) is 9.47 Å². The molecule has 2 N–H and O–H groups in total. The largest absolute Gasteiger partial charge is 0.487 e. The third-order valence-corrected chi connectivity index (χ3v) is 5.70. The molecule has 0 spiro atoms. The number of methoxy groups -OCH3 is 2. The molecule has 4 rings (SSSR count). The van der Waals surface area contributed by atoms with Crippen LogP contribution < -0.4 is 19.9 Å². The molecular formula is C26H26BrN3O5. The molecule has 1 heterocycles. The van der Waals surface area contributed by atoms with Crippen LogP contribution in [0.4, 0.5) is 5.82 Å². The minimum absolute atomic E-state index is 0.335. The molecule has 9 heteroatoms. The van der Waals surface area contributed by atoms with Crippen molar-refractivity contribution in [2.24, 2.45) is 0 Å². The maximum Gasteiger partial charge on any atom is 0.163 e. The molecule has 1 aromatic heterocycles. The van der Waals surface area contributed by atoms with E-state index in [4.69, 9.17) is 34.4 Å². The summed E-state index contributed by atoms with van der Waals surface area (Å²) in [7, 11) is 3.24. The molecule has 4 aromatic rings. The maximum absolute atomic E-state index is 6.34. The highest BCUT2D eigenvalue weighted by atomic mass is 79.9. The molecule has 0 amide bonds. The second-order valence-electron chi connectivity index (χ2n) is 7.49. The smallest absolute Gasteiger partial charge is 0.163 e. The van der Waals surface area contributed by atoms with Gasteiger partial charge < -0.3 is 29.4 Å². The molecule has 0 aliphatic carbocycles. The van der Waals surface area contributed by atoms with Crippen molar-refractivity contribution in [3.63, 3.8) is 0 Å². The van der Waals surface area contributed by atoms with Gasteiger partial charge in [0.05, 0.1) is 18.7 Å². The zero-order valence-corrected chi connectivity index (χ0v) is 21.1. The Morgan fingerprint density at radius 2 is 1.46 bits per heavy atom. The molecule has 0 saturated carbocycles. The van der Waals surface area contributed by atoms with Gasteiger partial charge in [0.2, 0.25) is 0 Å². The van der Waals surface area contributed by atoms with Crippen LogP contribution in [0.3, 0.4) is 0 Å². The number of nitrogen functional groups attached to an aromatic ring is 1. The number of ether oxygens (including phenoxy) is 5. The molecule has 35 heavy (non-hydrogen) atoms. The molecule has 8 nitrogen and oxygen atoms in total. The Hall–Kier alpha value is -3.40. The molecule has 0 aliphatic heterocycles. The van der Waals surface area contributed by atoms with Crippen molar-refractivity contribution >= 4 is 32.7 Å². The van der Waals surface area contributed by atoms with Gasteiger partial charge in [-0.3, -0.25) is 0 Å². The molecule has 0 radical (unpaired) electrons. The molecule has 182 valence electrons. The Kier molecular flexibility index (Phi) is 8.36. The molecule has 0 atom stereocenters. The zero-order chi connectivity index (χ0) is 24.6. The first-order chi connectivity index (χ1) is 17.1. The van der Waals surface area contributed by atoms with Gasteiger partial charge in [-0.1, -0.05) is 18.2 Å². The summed E-state index contributed by atoms with van der Waals surface area (Å²) >= 11 is 3.62. The number of benzene rings is 3. The lowest BCUT2D eigenvalue weighted by atomic mass is 10.1. The Bertz CT molecular complexity index is 1290. The molecular weight excluding hydrogens is 514 g/mol. The lowest BCUT2D eigenvalue weighted by Crippen LogP contribution is -2.09. The van der Waals surface area contributed by atoms with Crippen molar-refractivity contribution in [1.29, 1.82) is 0 Å². The summed E-state index contributed by atoms with van der Waals surface area (Å²) < 4.78 is 28.6. The van der Waals surface area contributed by atoms with Crippen molar-refractivity contribution in [2.75, 3.05) is 46.4 Å². The number of hydrogen-bond acceptors (Lipinski definition) is 8. The first-order valence-corrected chi connectivity index (χ1v) is 11.8. The summed E-state index contributed by atoms with van der Waals surface area (Å²) in [6, 6.07) is 18.8. The van der Waals surface area contributed by atoms with Gasteiger partial charge in [-0.05, 0) is 52.3 Å². The molecule has 0 fully saturated rings. The van der Waals surface area contributed by atoms with Crippen LogP contribution in [0, 0.1) is 0 Å². The van der Waals surface area contributed by atoms with Crippen molar-refractivity contribution in [1.82, 2.24) is 9.97 Å². The number of hydrogen-bond donors (Lipinski definition) is 1. The highest BCUT2D eigenvalue weighted by molar-refractivity contribution is 9.10. The number of anilines is 1. The van der Waals surface area contributed by atoms with E-state index in [1.54, 1.807) is 26.4 Å². The molecule has 3 aromatic carbocycles. The number of aromatic nitrogens is 2. The van der Waals surface area contributed by atoms with Gasteiger partial charge in [-0.15, -0.1) is 0 Å². The predicted octanol–water partition coefficient (Wildman–Crippen LogP) is 5.48. The topological polar surface area (TPSA) is 98.0 Å². The van der Waals surface area contributed by atoms with E-state index in [1.165, 1.54) is 0 Å². The lowest BCUT2D eigenvalue weighted by molar-refractivity contribution is 0.132. The Labute approximate surface area is 212 Å². The van der Waals surface area contributed by atoms with Gasteiger partial charge in [0.1, 0.15) is 30.5 Å². The minimum Gasteiger partial charge on any atom is -0.487 e. The number of halogens is 1. The number of para-hydroxylation sites is 1. The Morgan fingerprint density at radius 1 is 0.771 bits per heavy atom. The normalized spacial score (nSPS) is 10.9. The summed E-state index contributed by atoms with van der Waals surface area (Å²) in [5.74, 6) is 3.33. The predicted molar refractivity (Wildman–Crippen MR) is 138 cm³/mol. The van der Waals surface area contributed by atoms with Crippen LogP contribution in [0.25, 0.3) is 22.3 Å². The van der Waals surface area contributed by atoms with Gasteiger partial charge in [0.25, 0.3) is 0 Å². The second-order valence-corrected chi connectivity index (χ2v) is 8.34. The van der Waals surface area contributed by atoms with E-state index in [0.29, 0.717) is 66.2 Å². The van der Waals surface area contributed by atoms with E-state index >= 15 is 0 Å². The van der Waals surface area contributed by atoms with E-state index in [-0.39, 0.29) is 0 Å². The highest BCUT2D eigenvalue weighted by Crippen LogP contribution is 2.37. The number of rotatable bonds is 11. The standard InChI is InChI=1S/C26H26BrN3O5/c1-31-10-12-33-23-15-20-22(16-24(23)34-13-11-32-2)29-26(30-25(20)28)19-9-8-18(14-21(19)27)35-17-6-4-3-5-7-17/h3-9,14-16H,10-13H2,1-2H3,(H2,28,29,30). The van der Waals surface area contributed by atoms with Gasteiger partial charge in [0, 0.05) is 35.7 Å². The fourth-order valence-electron chi connectivity index (χ4n) is 3.34. The summed E-state index contributed by atoms with van der Waals surface area (Å²) in [5, 5.41) is 0.667. The average Bonchev–Trinajstić information content (AvgIpc) is 2.85. The monoisotopic (exact) mass is 539 g/mol. The van der Waals surface area contributed by atoms with Gasteiger partial charge in [-0.25, -0.2) is 9.97 Å². The van der Waals surface area contributed by atoms with E-state index < -0.39 is 0 Å². The van der Waals surface area contributed by atoms with Crippen LogP contribution in [0.5, 0.6) is 23.0 Å². The summed E-state index contributed by atoms with van der Waals surface area (Å²) in [6.07, 6.45) is 0. The first-order valence-electron chi connectivity index (χ1n) is 11.0. The molecule has 0 unspecified atom stereocenters. The first kappa shape index (κ1) is 24.7. The SMILES string of the molecule is COCCOc1cc2nc(-c3ccc(Oc4ccccc4)cc3Br)nc(N)c2cc1OCCOC. The van der Waals surface area contributed by atoms with Gasteiger partial charge >= 0.3 is 0 Å². The zero-order valence-electron chi connectivity index (χ0n) is 19.5. The van der Waals surface area contributed by atoms with E-state index in [0.717, 1.165) is 15.8 Å². The van der Waals surface area contributed by atoms with Crippen molar-refractivity contribution in [2.45, 2.75) is 0 Å². The van der Waals surface area contributed by atoms with E-state index in [2.05, 4.69) is 20.9 Å². The number of nitrogens with two attached hydrogens (primary N) is 1.